The van der Waals surface area contributed by atoms with Crippen molar-refractivity contribution >= 4 is 14.0 Å². The van der Waals surface area contributed by atoms with Crippen LogP contribution < -0.4 is 5.73 Å². The Morgan fingerprint density at radius 2 is 2.08 bits per heavy atom. The normalized spacial score (nSPS) is 15.0. The van der Waals surface area contributed by atoms with E-state index in [1.807, 2.05) is 6.08 Å². The van der Waals surface area contributed by atoms with Crippen molar-refractivity contribution in [2.45, 2.75) is 32.1 Å². The monoisotopic (exact) mass is 187 g/mol. The molecule has 0 aromatic rings. The Kier molecular flexibility index (Phi) is 4.20. The Bertz CT molecular complexity index is 184. The predicted molar refractivity (Wildman–Crippen MR) is 52.7 cm³/mol. The molecule has 0 saturated carbocycles. The molecule has 0 rings (SSSR count). The van der Waals surface area contributed by atoms with Gasteiger partial charge in [0.1, 0.15) is 6.04 Å². The van der Waals surface area contributed by atoms with E-state index in [-0.39, 0.29) is 0 Å². The molecule has 0 aliphatic heterocycles. The maximum Gasteiger partial charge on any atom is 0.320 e. The molecule has 4 heteroatoms. The van der Waals surface area contributed by atoms with Gasteiger partial charge in [-0.1, -0.05) is 31.4 Å². The molecule has 1 atom stereocenters. The van der Waals surface area contributed by atoms with Crippen LogP contribution in [-0.4, -0.2) is 25.2 Å². The summed E-state index contributed by atoms with van der Waals surface area (Å²) in [7, 11) is -1.19. The second-order valence-electron chi connectivity index (χ2n) is 3.95. The fourth-order valence-corrected chi connectivity index (χ4v) is 1.51. The smallest absolute Gasteiger partial charge is 0.320 e. The highest BCUT2D eigenvalue weighted by Gasteiger charge is 2.10. The Balaban J connectivity index is 3.83. The van der Waals surface area contributed by atoms with Crippen molar-refractivity contribution < 1.29 is 9.90 Å². The van der Waals surface area contributed by atoms with Crippen molar-refractivity contribution in [1.29, 1.82) is 0 Å². The second kappa shape index (κ2) is 4.42. The van der Waals surface area contributed by atoms with Gasteiger partial charge in [0.05, 0.1) is 8.07 Å². The highest BCUT2D eigenvalue weighted by atomic mass is 28.3. The minimum Gasteiger partial charge on any atom is -0.480 e. The second-order valence-corrected chi connectivity index (χ2v) is 9.01. The van der Waals surface area contributed by atoms with Gasteiger partial charge in [0, 0.05) is 0 Å². The lowest BCUT2D eigenvalue weighted by molar-refractivity contribution is -0.138. The van der Waals surface area contributed by atoms with Gasteiger partial charge >= 0.3 is 5.97 Å². The number of rotatable bonds is 4. The van der Waals surface area contributed by atoms with Crippen molar-refractivity contribution in [2.75, 3.05) is 0 Å². The molecule has 0 heterocycles. The SMILES string of the molecule is C[Si](C)(C)/C=C\C[C@H](N)C(=O)O. The van der Waals surface area contributed by atoms with Crippen LogP contribution in [0.2, 0.25) is 19.6 Å². The first-order valence-electron chi connectivity index (χ1n) is 3.99. The first kappa shape index (κ1) is 11.4. The molecule has 0 aliphatic carbocycles. The molecular formula is C8H17NO2Si. The molecule has 0 aliphatic rings. The quantitative estimate of drug-likeness (QED) is 0.650. The number of aliphatic carboxylic acids is 1. The van der Waals surface area contributed by atoms with Gasteiger partial charge in [-0.15, -0.1) is 0 Å². The lowest BCUT2D eigenvalue weighted by Gasteiger charge is -2.08. The van der Waals surface area contributed by atoms with Gasteiger partial charge in [0.15, 0.2) is 0 Å². The van der Waals surface area contributed by atoms with Gasteiger partial charge in [-0.3, -0.25) is 4.79 Å². The molecule has 0 bridgehead atoms. The summed E-state index contributed by atoms with van der Waals surface area (Å²) in [5.74, 6) is -0.935. The molecule has 0 spiro atoms. The van der Waals surface area contributed by atoms with Gasteiger partial charge in [-0.25, -0.2) is 0 Å². The van der Waals surface area contributed by atoms with Crippen molar-refractivity contribution in [3.8, 4) is 0 Å². The lowest BCUT2D eigenvalue weighted by Crippen LogP contribution is -2.29. The average molecular weight is 187 g/mol. The van der Waals surface area contributed by atoms with Gasteiger partial charge in [0.2, 0.25) is 0 Å². The zero-order valence-corrected chi connectivity index (χ0v) is 8.87. The number of carboxylic acid groups (broad SMARTS) is 1. The van der Waals surface area contributed by atoms with Crippen LogP contribution in [-0.2, 0) is 4.79 Å². The van der Waals surface area contributed by atoms with Crippen LogP contribution in [0.5, 0.6) is 0 Å². The zero-order valence-electron chi connectivity index (χ0n) is 7.87. The summed E-state index contributed by atoms with van der Waals surface area (Å²) in [6.45, 7) is 6.57. The first-order valence-corrected chi connectivity index (χ1v) is 7.57. The van der Waals surface area contributed by atoms with Gasteiger partial charge in [-0.05, 0) is 6.42 Å². The molecule has 12 heavy (non-hydrogen) atoms. The third kappa shape index (κ3) is 6.12. The van der Waals surface area contributed by atoms with E-state index in [0.717, 1.165) is 0 Å². The van der Waals surface area contributed by atoms with Crippen molar-refractivity contribution in [2.24, 2.45) is 5.73 Å². The predicted octanol–water partition coefficient (Wildman–Crippen LogP) is 1.22. The molecule has 0 radical (unpaired) electrons. The maximum absolute atomic E-state index is 10.3. The van der Waals surface area contributed by atoms with E-state index in [0.29, 0.717) is 6.42 Å². The van der Waals surface area contributed by atoms with E-state index in [9.17, 15) is 4.79 Å². The largest absolute Gasteiger partial charge is 0.480 e. The fourth-order valence-electron chi connectivity index (χ4n) is 0.669. The van der Waals surface area contributed by atoms with Gasteiger partial charge in [0.25, 0.3) is 0 Å². The van der Waals surface area contributed by atoms with Crippen LogP contribution in [0.15, 0.2) is 11.8 Å². The van der Waals surface area contributed by atoms with Crippen LogP contribution in [0, 0.1) is 0 Å². The Hall–Kier alpha value is -0.613. The van der Waals surface area contributed by atoms with E-state index in [2.05, 4.69) is 25.3 Å². The van der Waals surface area contributed by atoms with Crippen LogP contribution >= 0.6 is 0 Å². The molecule has 0 fully saturated rings. The minimum absolute atomic E-state index is 0.430. The summed E-state index contributed by atoms with van der Waals surface area (Å²) >= 11 is 0. The highest BCUT2D eigenvalue weighted by molar-refractivity contribution is 6.80. The lowest BCUT2D eigenvalue weighted by atomic mass is 10.2. The summed E-state index contributed by atoms with van der Waals surface area (Å²) in [5, 5.41) is 8.46. The molecule has 3 N–H and O–H groups in total. The van der Waals surface area contributed by atoms with E-state index < -0.39 is 20.1 Å². The summed E-state index contributed by atoms with van der Waals surface area (Å²) < 4.78 is 0. The first-order chi connectivity index (χ1) is 5.33. The van der Waals surface area contributed by atoms with E-state index in [4.69, 9.17) is 10.8 Å². The number of nitrogens with two attached hydrogens (primary N) is 1. The van der Waals surface area contributed by atoms with E-state index >= 15 is 0 Å². The number of hydrogen-bond donors (Lipinski definition) is 2. The summed E-state index contributed by atoms with van der Waals surface area (Å²) in [6.07, 6.45) is 2.31. The number of hydrogen-bond acceptors (Lipinski definition) is 2. The average Bonchev–Trinajstić information content (AvgIpc) is 1.84. The summed E-state index contributed by atoms with van der Waals surface area (Å²) in [5.41, 5.74) is 7.42. The third-order valence-corrected chi connectivity index (χ3v) is 2.56. The van der Waals surface area contributed by atoms with Crippen LogP contribution in [0.3, 0.4) is 0 Å². The van der Waals surface area contributed by atoms with Crippen LogP contribution in [0.4, 0.5) is 0 Å². The molecule has 0 unspecified atom stereocenters. The topological polar surface area (TPSA) is 63.3 Å². The van der Waals surface area contributed by atoms with Gasteiger partial charge in [-0.2, -0.15) is 0 Å². The highest BCUT2D eigenvalue weighted by Crippen LogP contribution is 2.03. The standard InChI is InChI=1S/C8H17NO2Si/c1-12(2,3)6-4-5-7(9)8(10)11/h4,6-7H,5,9H2,1-3H3,(H,10,11)/b6-4-/t7-/m0/s1. The molecular weight excluding hydrogens is 170 g/mol. The molecule has 0 amide bonds. The Labute approximate surface area is 74.3 Å². The van der Waals surface area contributed by atoms with Crippen molar-refractivity contribution in [1.82, 2.24) is 0 Å². The molecule has 0 saturated heterocycles. The van der Waals surface area contributed by atoms with Crippen molar-refractivity contribution in [3.63, 3.8) is 0 Å². The minimum atomic E-state index is -1.19. The molecule has 0 aromatic carbocycles. The zero-order chi connectivity index (χ0) is 9.78. The molecule has 70 valence electrons. The maximum atomic E-state index is 10.3. The van der Waals surface area contributed by atoms with Crippen molar-refractivity contribution in [3.05, 3.63) is 11.8 Å². The van der Waals surface area contributed by atoms with Crippen LogP contribution in [0.25, 0.3) is 0 Å². The molecule has 0 aromatic heterocycles. The fraction of sp³-hybridized carbons (Fsp3) is 0.625. The number of carboxylic acids is 1. The van der Waals surface area contributed by atoms with E-state index in [1.54, 1.807) is 0 Å². The van der Waals surface area contributed by atoms with Gasteiger partial charge < -0.3 is 10.8 Å². The Morgan fingerprint density at radius 3 is 2.42 bits per heavy atom. The third-order valence-electron chi connectivity index (χ3n) is 1.33. The summed E-state index contributed by atoms with van der Waals surface area (Å²) in [6, 6.07) is -0.752. The summed E-state index contributed by atoms with van der Waals surface area (Å²) in [4.78, 5) is 10.3. The molecule has 3 nitrogen and oxygen atoms in total. The Morgan fingerprint density at radius 1 is 1.58 bits per heavy atom. The van der Waals surface area contributed by atoms with Crippen LogP contribution in [0.1, 0.15) is 6.42 Å². The number of carbonyl (C=O) groups is 1. The van der Waals surface area contributed by atoms with E-state index in [1.165, 1.54) is 0 Å².